The van der Waals surface area contributed by atoms with Crippen molar-refractivity contribution in [1.82, 2.24) is 4.98 Å². The summed E-state index contributed by atoms with van der Waals surface area (Å²) in [5.74, 6) is 0. The van der Waals surface area contributed by atoms with Crippen LogP contribution in [0, 0.1) is 11.3 Å². The van der Waals surface area contributed by atoms with Crippen LogP contribution in [0.4, 0.5) is 0 Å². The largest absolute Gasteiger partial charge is 0.321 e. The molecule has 0 spiro atoms. The van der Waals surface area contributed by atoms with Gasteiger partial charge in [0.15, 0.2) is 0 Å². The molecule has 74 valence electrons. The molecule has 0 unspecified atom stereocenters. The van der Waals surface area contributed by atoms with Crippen molar-refractivity contribution in [3.8, 4) is 6.07 Å². The summed E-state index contributed by atoms with van der Waals surface area (Å²) in [5, 5.41) is 10.1. The molecule has 0 radical (unpaired) electrons. The van der Waals surface area contributed by atoms with Gasteiger partial charge in [-0.2, -0.15) is 5.26 Å². The molecule has 0 saturated heterocycles. The number of hydrogen-bond acceptors (Lipinski definition) is 2. The average molecular weight is 239 g/mol. The predicted octanol–water partition coefficient (Wildman–Crippen LogP) is 2.71. The van der Waals surface area contributed by atoms with Gasteiger partial charge < -0.3 is 4.98 Å². The van der Waals surface area contributed by atoms with Gasteiger partial charge in [0, 0.05) is 10.4 Å². The van der Waals surface area contributed by atoms with Crippen molar-refractivity contribution >= 4 is 34.1 Å². The molecule has 1 aromatic carbocycles. The summed E-state index contributed by atoms with van der Waals surface area (Å²) in [4.78, 5) is 13.9. The maximum absolute atomic E-state index is 11.3. The Labute approximate surface area is 94.9 Å². The molecule has 1 heterocycles. The Hall–Kier alpha value is -1.50. The number of benzene rings is 1. The molecule has 0 amide bonds. The maximum Gasteiger partial charge on any atom is 0.266 e. The first-order valence-corrected chi connectivity index (χ1v) is 4.79. The highest BCUT2D eigenvalue weighted by Crippen LogP contribution is 2.26. The maximum atomic E-state index is 11.3. The molecule has 15 heavy (non-hydrogen) atoms. The van der Waals surface area contributed by atoms with Crippen LogP contribution in [0.25, 0.3) is 10.9 Å². The highest BCUT2D eigenvalue weighted by atomic mass is 35.5. The monoisotopic (exact) mass is 238 g/mol. The van der Waals surface area contributed by atoms with Crippen LogP contribution in [-0.4, -0.2) is 4.98 Å². The number of pyridine rings is 1. The third-order valence-corrected chi connectivity index (χ3v) is 2.53. The summed E-state index contributed by atoms with van der Waals surface area (Å²) in [5.41, 5.74) is 0.117. The molecular formula is C10H4Cl2N2O. The minimum absolute atomic E-state index is 0.0340. The van der Waals surface area contributed by atoms with Gasteiger partial charge in [0.1, 0.15) is 11.6 Å². The highest BCUT2D eigenvalue weighted by molar-refractivity contribution is 6.38. The molecule has 0 atom stereocenters. The van der Waals surface area contributed by atoms with Crippen LogP contribution in [-0.2, 0) is 0 Å². The molecule has 0 saturated carbocycles. The molecule has 1 aromatic heterocycles. The zero-order valence-electron chi connectivity index (χ0n) is 7.34. The van der Waals surface area contributed by atoms with Gasteiger partial charge in [-0.15, -0.1) is 0 Å². The van der Waals surface area contributed by atoms with Crippen LogP contribution < -0.4 is 5.56 Å². The molecule has 0 fully saturated rings. The fraction of sp³-hybridized carbons (Fsp3) is 0. The molecule has 0 bridgehead atoms. The summed E-state index contributed by atoms with van der Waals surface area (Å²) in [6, 6.07) is 6.39. The standard InChI is InChI=1S/C10H4Cl2N2O/c11-6-2-8(12)7-1-5(4-13)10(15)14-9(7)3-6/h1-3H,(H,14,15). The quantitative estimate of drug-likeness (QED) is 0.768. The Balaban J connectivity index is 2.95. The van der Waals surface area contributed by atoms with Crippen molar-refractivity contribution < 1.29 is 0 Å². The van der Waals surface area contributed by atoms with Gasteiger partial charge in [0.05, 0.1) is 10.5 Å². The fourth-order valence-corrected chi connectivity index (χ4v) is 1.87. The Morgan fingerprint density at radius 1 is 1.27 bits per heavy atom. The van der Waals surface area contributed by atoms with E-state index in [-0.39, 0.29) is 5.56 Å². The van der Waals surface area contributed by atoms with Crippen molar-refractivity contribution in [2.24, 2.45) is 0 Å². The van der Waals surface area contributed by atoms with Gasteiger partial charge in [-0.1, -0.05) is 23.2 Å². The van der Waals surface area contributed by atoms with Gasteiger partial charge >= 0.3 is 0 Å². The van der Waals surface area contributed by atoms with Crippen LogP contribution in [0.2, 0.25) is 10.0 Å². The Morgan fingerprint density at radius 2 is 2.00 bits per heavy atom. The van der Waals surface area contributed by atoms with Gasteiger partial charge in [0.25, 0.3) is 5.56 Å². The summed E-state index contributed by atoms with van der Waals surface area (Å²) >= 11 is 11.7. The van der Waals surface area contributed by atoms with Gasteiger partial charge in [0.2, 0.25) is 0 Å². The average Bonchev–Trinajstić information content (AvgIpc) is 2.16. The number of nitriles is 1. The number of H-pyrrole nitrogens is 1. The topological polar surface area (TPSA) is 56.6 Å². The number of aromatic amines is 1. The van der Waals surface area contributed by atoms with E-state index in [1.54, 1.807) is 18.2 Å². The van der Waals surface area contributed by atoms with E-state index in [1.807, 2.05) is 0 Å². The number of hydrogen-bond donors (Lipinski definition) is 1. The van der Waals surface area contributed by atoms with Gasteiger partial charge in [-0.3, -0.25) is 4.79 Å². The normalized spacial score (nSPS) is 10.2. The predicted molar refractivity (Wildman–Crippen MR) is 59.3 cm³/mol. The van der Waals surface area contributed by atoms with E-state index in [1.165, 1.54) is 6.07 Å². The lowest BCUT2D eigenvalue weighted by Crippen LogP contribution is -2.09. The number of nitrogens with zero attached hydrogens (tertiary/aromatic N) is 1. The van der Waals surface area contributed by atoms with E-state index in [0.29, 0.717) is 20.9 Å². The zero-order valence-corrected chi connectivity index (χ0v) is 8.86. The van der Waals surface area contributed by atoms with Crippen molar-refractivity contribution in [3.63, 3.8) is 0 Å². The van der Waals surface area contributed by atoms with Crippen molar-refractivity contribution in [3.05, 3.63) is 44.2 Å². The number of nitrogens with one attached hydrogen (secondary N) is 1. The first kappa shape index (κ1) is 10.0. The second-order valence-corrected chi connectivity index (χ2v) is 3.82. The molecule has 1 N–H and O–H groups in total. The third-order valence-electron chi connectivity index (χ3n) is 2.00. The summed E-state index contributed by atoms with van der Waals surface area (Å²) < 4.78 is 0. The van der Waals surface area contributed by atoms with Gasteiger partial charge in [-0.25, -0.2) is 0 Å². The molecule has 0 aliphatic rings. The minimum atomic E-state index is -0.441. The van der Waals surface area contributed by atoms with Crippen molar-refractivity contribution in [1.29, 1.82) is 5.26 Å². The van der Waals surface area contributed by atoms with Crippen LogP contribution in [0.5, 0.6) is 0 Å². The lowest BCUT2D eigenvalue weighted by molar-refractivity contribution is 1.27. The molecule has 0 aliphatic carbocycles. The molecule has 5 heteroatoms. The SMILES string of the molecule is N#Cc1cc2c(Cl)cc(Cl)cc2[nH]c1=O. The van der Waals surface area contributed by atoms with Crippen LogP contribution in [0.15, 0.2) is 23.0 Å². The first-order chi connectivity index (χ1) is 7.11. The lowest BCUT2D eigenvalue weighted by Gasteiger charge is -2.01. The smallest absolute Gasteiger partial charge is 0.266 e. The van der Waals surface area contributed by atoms with E-state index in [9.17, 15) is 4.79 Å². The molecule has 2 aromatic rings. The summed E-state index contributed by atoms with van der Waals surface area (Å²) in [6.07, 6.45) is 0. The number of fused-ring (bicyclic) bond motifs is 1. The third kappa shape index (κ3) is 1.70. The molecule has 2 rings (SSSR count). The Morgan fingerprint density at radius 3 is 2.67 bits per heavy atom. The second-order valence-electron chi connectivity index (χ2n) is 2.97. The van der Waals surface area contributed by atoms with Crippen LogP contribution in [0.1, 0.15) is 5.56 Å². The number of aromatic nitrogens is 1. The summed E-state index contributed by atoms with van der Waals surface area (Å²) in [7, 11) is 0. The second kappa shape index (κ2) is 3.58. The van der Waals surface area contributed by atoms with E-state index in [0.717, 1.165) is 0 Å². The Bertz CT molecular complexity index is 640. The number of halogens is 2. The van der Waals surface area contributed by atoms with Crippen molar-refractivity contribution in [2.75, 3.05) is 0 Å². The van der Waals surface area contributed by atoms with E-state index < -0.39 is 5.56 Å². The first-order valence-electron chi connectivity index (χ1n) is 4.04. The van der Waals surface area contributed by atoms with E-state index in [2.05, 4.69) is 4.98 Å². The minimum Gasteiger partial charge on any atom is -0.321 e. The zero-order chi connectivity index (χ0) is 11.0. The molecular weight excluding hydrogens is 235 g/mol. The fourth-order valence-electron chi connectivity index (χ4n) is 1.32. The van der Waals surface area contributed by atoms with Crippen LogP contribution in [0.3, 0.4) is 0 Å². The van der Waals surface area contributed by atoms with Gasteiger partial charge in [-0.05, 0) is 18.2 Å². The highest BCUT2D eigenvalue weighted by Gasteiger charge is 2.06. The van der Waals surface area contributed by atoms with Crippen molar-refractivity contribution in [2.45, 2.75) is 0 Å². The number of rotatable bonds is 0. The van der Waals surface area contributed by atoms with Crippen LogP contribution >= 0.6 is 23.2 Å². The molecule has 3 nitrogen and oxygen atoms in total. The Kier molecular flexibility index (Phi) is 2.39. The molecule has 0 aliphatic heterocycles. The summed E-state index contributed by atoms with van der Waals surface area (Å²) in [6.45, 7) is 0. The van der Waals surface area contributed by atoms with E-state index >= 15 is 0 Å². The van der Waals surface area contributed by atoms with E-state index in [4.69, 9.17) is 28.5 Å². The lowest BCUT2D eigenvalue weighted by atomic mass is 10.2.